The minimum atomic E-state index is -0.505. The maximum absolute atomic E-state index is 12.7. The Morgan fingerprint density at radius 3 is 3.17 bits per heavy atom. The van der Waals surface area contributed by atoms with Crippen LogP contribution in [0.15, 0.2) is 32.8 Å². The summed E-state index contributed by atoms with van der Waals surface area (Å²) < 4.78 is 4.97. The molecule has 1 N–H and O–H groups in total. The molecule has 1 fully saturated rings. The molecule has 4 rings (SSSR count). The number of aromatic amines is 1. The molecule has 24 heavy (non-hydrogen) atoms. The van der Waals surface area contributed by atoms with Gasteiger partial charge in [0.2, 0.25) is 0 Å². The Morgan fingerprint density at radius 2 is 2.38 bits per heavy atom. The molecule has 1 amide bonds. The van der Waals surface area contributed by atoms with Crippen molar-refractivity contribution in [2.24, 2.45) is 5.92 Å². The van der Waals surface area contributed by atoms with Crippen molar-refractivity contribution in [1.82, 2.24) is 14.9 Å². The quantitative estimate of drug-likeness (QED) is 0.793. The Labute approximate surface area is 142 Å². The average molecular weight is 343 g/mol. The van der Waals surface area contributed by atoms with E-state index in [0.717, 1.165) is 36.6 Å². The van der Waals surface area contributed by atoms with Crippen molar-refractivity contribution in [3.63, 3.8) is 0 Å². The molecule has 1 aliphatic heterocycles. The molecule has 0 radical (unpaired) electrons. The van der Waals surface area contributed by atoms with Gasteiger partial charge in [0.15, 0.2) is 5.58 Å². The van der Waals surface area contributed by atoms with Crippen LogP contribution in [0.4, 0.5) is 0 Å². The molecular weight excluding hydrogens is 326 g/mol. The van der Waals surface area contributed by atoms with Gasteiger partial charge in [0.1, 0.15) is 0 Å². The average Bonchev–Trinajstić information content (AvgIpc) is 3.26. The van der Waals surface area contributed by atoms with Gasteiger partial charge in [-0.05, 0) is 37.5 Å². The number of hydrogen-bond donors (Lipinski definition) is 1. The summed E-state index contributed by atoms with van der Waals surface area (Å²) in [6, 6.07) is 5.05. The summed E-state index contributed by atoms with van der Waals surface area (Å²) in [5.74, 6) is -0.0525. The Morgan fingerprint density at radius 1 is 1.50 bits per heavy atom. The number of nitrogens with zero attached hydrogens (tertiary/aromatic N) is 2. The van der Waals surface area contributed by atoms with Crippen LogP contribution in [-0.4, -0.2) is 33.9 Å². The first-order valence-electron chi connectivity index (χ1n) is 7.91. The fraction of sp³-hybridized carbons (Fsp3) is 0.353. The van der Waals surface area contributed by atoms with Gasteiger partial charge in [0, 0.05) is 36.1 Å². The summed E-state index contributed by atoms with van der Waals surface area (Å²) in [6.45, 7) is 3.51. The van der Waals surface area contributed by atoms with Crippen molar-refractivity contribution < 1.29 is 9.21 Å². The van der Waals surface area contributed by atoms with Gasteiger partial charge < -0.3 is 9.32 Å². The van der Waals surface area contributed by atoms with E-state index in [9.17, 15) is 9.59 Å². The van der Waals surface area contributed by atoms with Crippen molar-refractivity contribution in [3.8, 4) is 0 Å². The van der Waals surface area contributed by atoms with Gasteiger partial charge in [-0.3, -0.25) is 9.78 Å². The first kappa shape index (κ1) is 15.1. The third-order valence-corrected chi connectivity index (χ3v) is 5.36. The Balaban J connectivity index is 1.47. The van der Waals surface area contributed by atoms with Gasteiger partial charge in [-0.25, -0.2) is 9.78 Å². The lowest BCUT2D eigenvalue weighted by Crippen LogP contribution is -2.28. The highest BCUT2D eigenvalue weighted by Crippen LogP contribution is 2.24. The fourth-order valence-electron chi connectivity index (χ4n) is 3.19. The second kappa shape index (κ2) is 5.90. The van der Waals surface area contributed by atoms with E-state index in [1.807, 2.05) is 11.8 Å². The van der Waals surface area contributed by atoms with E-state index in [2.05, 4.69) is 15.3 Å². The highest BCUT2D eigenvalue weighted by molar-refractivity contribution is 7.09. The summed E-state index contributed by atoms with van der Waals surface area (Å²) in [6.07, 6.45) is 1.92. The molecule has 1 aromatic carbocycles. The summed E-state index contributed by atoms with van der Waals surface area (Å²) in [5, 5.41) is 3.21. The minimum Gasteiger partial charge on any atom is -0.408 e. The lowest BCUT2D eigenvalue weighted by atomic mass is 10.1. The highest BCUT2D eigenvalue weighted by Gasteiger charge is 2.28. The third-order valence-electron chi connectivity index (χ3n) is 4.37. The number of hydrogen-bond acceptors (Lipinski definition) is 5. The number of likely N-dealkylation sites (tertiary alicyclic amines) is 1. The largest absolute Gasteiger partial charge is 0.417 e. The number of benzene rings is 1. The standard InChI is InChI=1S/C17H17N3O3S/c1-10-9-24-15(18-10)6-11-4-5-20(8-11)16(21)12-2-3-14-13(7-12)19-17(22)23-14/h2-3,7,9,11H,4-6,8H2,1H3,(H,19,22). The number of aromatic nitrogens is 2. The number of carbonyl (C=O) groups is 1. The number of carbonyl (C=O) groups excluding carboxylic acids is 1. The molecule has 2 aromatic heterocycles. The maximum Gasteiger partial charge on any atom is 0.417 e. The van der Waals surface area contributed by atoms with Crippen molar-refractivity contribution in [1.29, 1.82) is 0 Å². The molecule has 1 saturated heterocycles. The zero-order valence-corrected chi connectivity index (χ0v) is 14.1. The highest BCUT2D eigenvalue weighted by atomic mass is 32.1. The molecule has 0 aliphatic carbocycles. The summed E-state index contributed by atoms with van der Waals surface area (Å²) in [5.41, 5.74) is 2.66. The topological polar surface area (TPSA) is 79.2 Å². The van der Waals surface area contributed by atoms with Gasteiger partial charge in [0.25, 0.3) is 5.91 Å². The Kier molecular flexibility index (Phi) is 3.72. The van der Waals surface area contributed by atoms with Crippen LogP contribution in [0, 0.1) is 12.8 Å². The number of H-pyrrole nitrogens is 1. The molecule has 0 spiro atoms. The molecule has 1 atom stereocenters. The van der Waals surface area contributed by atoms with Crippen LogP contribution in [0.1, 0.15) is 27.5 Å². The number of aryl methyl sites for hydroxylation is 1. The normalized spacial score (nSPS) is 17.7. The molecule has 0 saturated carbocycles. The van der Waals surface area contributed by atoms with E-state index in [4.69, 9.17) is 4.42 Å². The second-order valence-electron chi connectivity index (χ2n) is 6.22. The molecule has 124 valence electrons. The summed E-state index contributed by atoms with van der Waals surface area (Å²) in [7, 11) is 0. The van der Waals surface area contributed by atoms with E-state index in [0.29, 0.717) is 22.6 Å². The first-order chi connectivity index (χ1) is 11.6. The first-order valence-corrected chi connectivity index (χ1v) is 8.79. The van der Waals surface area contributed by atoms with Crippen LogP contribution in [0.3, 0.4) is 0 Å². The van der Waals surface area contributed by atoms with Crippen molar-refractivity contribution in [3.05, 3.63) is 50.4 Å². The smallest absolute Gasteiger partial charge is 0.408 e. The molecule has 1 unspecified atom stereocenters. The number of amides is 1. The van der Waals surface area contributed by atoms with Crippen LogP contribution >= 0.6 is 11.3 Å². The second-order valence-corrected chi connectivity index (χ2v) is 7.16. The Hall–Kier alpha value is -2.41. The predicted octanol–water partition coefficient (Wildman–Crippen LogP) is 2.59. The van der Waals surface area contributed by atoms with E-state index in [-0.39, 0.29) is 5.91 Å². The van der Waals surface area contributed by atoms with Gasteiger partial charge >= 0.3 is 5.76 Å². The van der Waals surface area contributed by atoms with Gasteiger partial charge in [-0.2, -0.15) is 0 Å². The molecule has 7 heteroatoms. The predicted molar refractivity (Wildman–Crippen MR) is 91.4 cm³/mol. The lowest BCUT2D eigenvalue weighted by Gasteiger charge is -2.16. The number of rotatable bonds is 3. The van der Waals surface area contributed by atoms with Gasteiger partial charge in [-0.1, -0.05) is 0 Å². The van der Waals surface area contributed by atoms with Gasteiger partial charge in [-0.15, -0.1) is 11.3 Å². The maximum atomic E-state index is 12.7. The SMILES string of the molecule is Cc1csc(CC2CCN(C(=O)c3ccc4oc(=O)[nH]c4c3)C2)n1. The lowest BCUT2D eigenvalue weighted by molar-refractivity contribution is 0.0787. The minimum absolute atomic E-state index is 0.00299. The summed E-state index contributed by atoms with van der Waals surface area (Å²) in [4.78, 5) is 32.9. The molecule has 3 heterocycles. The number of oxazole rings is 1. The van der Waals surface area contributed by atoms with Crippen LogP contribution in [0.2, 0.25) is 0 Å². The Bertz CT molecular complexity index is 955. The van der Waals surface area contributed by atoms with Crippen LogP contribution in [-0.2, 0) is 6.42 Å². The van der Waals surface area contributed by atoms with Crippen LogP contribution < -0.4 is 5.76 Å². The fourth-order valence-corrected chi connectivity index (χ4v) is 4.08. The molecule has 1 aliphatic rings. The third kappa shape index (κ3) is 2.87. The molecule has 0 bridgehead atoms. The number of fused-ring (bicyclic) bond motifs is 1. The van der Waals surface area contributed by atoms with Gasteiger partial charge in [0.05, 0.1) is 10.5 Å². The molecule has 3 aromatic rings. The van der Waals surface area contributed by atoms with Crippen molar-refractivity contribution in [2.45, 2.75) is 19.8 Å². The zero-order valence-electron chi connectivity index (χ0n) is 13.2. The van der Waals surface area contributed by atoms with E-state index < -0.39 is 5.76 Å². The number of thiazole rings is 1. The molecule has 6 nitrogen and oxygen atoms in total. The zero-order chi connectivity index (χ0) is 16.7. The van der Waals surface area contributed by atoms with E-state index in [1.165, 1.54) is 0 Å². The summed E-state index contributed by atoms with van der Waals surface area (Å²) >= 11 is 1.69. The monoisotopic (exact) mass is 343 g/mol. The molecular formula is C17H17N3O3S. The van der Waals surface area contributed by atoms with Crippen molar-refractivity contribution >= 4 is 28.3 Å². The van der Waals surface area contributed by atoms with Crippen LogP contribution in [0.25, 0.3) is 11.1 Å². The van der Waals surface area contributed by atoms with Crippen molar-refractivity contribution in [2.75, 3.05) is 13.1 Å². The van der Waals surface area contributed by atoms with E-state index in [1.54, 1.807) is 29.5 Å². The van der Waals surface area contributed by atoms with E-state index >= 15 is 0 Å². The van der Waals surface area contributed by atoms with Crippen LogP contribution in [0.5, 0.6) is 0 Å². The number of nitrogens with one attached hydrogen (secondary N) is 1.